The molecule has 0 bridgehead atoms. The van der Waals surface area contributed by atoms with E-state index in [2.05, 4.69) is 0 Å². The van der Waals surface area contributed by atoms with Gasteiger partial charge in [0.05, 0.1) is 6.61 Å². The van der Waals surface area contributed by atoms with Gasteiger partial charge in [-0.2, -0.15) is 0 Å². The van der Waals surface area contributed by atoms with Gasteiger partial charge in [0, 0.05) is 36.9 Å². The molecular formula is C13H18F2N2O. The van der Waals surface area contributed by atoms with Crippen LogP contribution in [0.15, 0.2) is 18.2 Å². The molecule has 1 aliphatic heterocycles. The summed E-state index contributed by atoms with van der Waals surface area (Å²) >= 11 is 0. The van der Waals surface area contributed by atoms with Crippen LogP contribution in [0.1, 0.15) is 18.0 Å². The molecule has 1 saturated heterocycles. The summed E-state index contributed by atoms with van der Waals surface area (Å²) in [7, 11) is 1.90. The Morgan fingerprint density at radius 1 is 1.50 bits per heavy atom. The van der Waals surface area contributed by atoms with Gasteiger partial charge >= 0.3 is 0 Å². The first-order chi connectivity index (χ1) is 8.63. The molecular weight excluding hydrogens is 238 g/mol. The van der Waals surface area contributed by atoms with Gasteiger partial charge in [0.15, 0.2) is 0 Å². The van der Waals surface area contributed by atoms with E-state index in [0.29, 0.717) is 12.2 Å². The predicted molar refractivity (Wildman–Crippen MR) is 65.1 cm³/mol. The summed E-state index contributed by atoms with van der Waals surface area (Å²) in [6, 6.07) is 3.62. The van der Waals surface area contributed by atoms with Gasteiger partial charge < -0.3 is 10.5 Å². The number of benzene rings is 1. The largest absolute Gasteiger partial charge is 0.380 e. The maximum Gasteiger partial charge on any atom is 0.130 e. The van der Waals surface area contributed by atoms with Crippen LogP contribution >= 0.6 is 0 Å². The summed E-state index contributed by atoms with van der Waals surface area (Å²) in [5.41, 5.74) is 6.18. The lowest BCUT2D eigenvalue weighted by molar-refractivity contribution is 0.133. The molecule has 0 saturated carbocycles. The number of hydrogen-bond acceptors (Lipinski definition) is 3. The van der Waals surface area contributed by atoms with Crippen molar-refractivity contribution in [3.05, 3.63) is 35.4 Å². The van der Waals surface area contributed by atoms with Gasteiger partial charge in [-0.25, -0.2) is 8.78 Å². The van der Waals surface area contributed by atoms with Crippen LogP contribution in [-0.2, 0) is 4.74 Å². The Labute approximate surface area is 106 Å². The molecule has 2 unspecified atom stereocenters. The molecule has 1 aromatic carbocycles. The first kappa shape index (κ1) is 13.4. The molecule has 2 atom stereocenters. The van der Waals surface area contributed by atoms with Crippen molar-refractivity contribution >= 4 is 0 Å². The summed E-state index contributed by atoms with van der Waals surface area (Å²) in [5.74, 6) is -1.12. The number of nitrogens with two attached hydrogens (primary N) is 1. The molecule has 0 radical (unpaired) electrons. The van der Waals surface area contributed by atoms with Crippen LogP contribution in [0, 0.1) is 11.6 Å². The van der Waals surface area contributed by atoms with Crippen molar-refractivity contribution in [2.45, 2.75) is 18.5 Å². The Kier molecular flexibility index (Phi) is 4.27. The lowest BCUT2D eigenvalue weighted by atomic mass is 10.0. The monoisotopic (exact) mass is 256 g/mol. The Morgan fingerprint density at radius 2 is 2.28 bits per heavy atom. The van der Waals surface area contributed by atoms with Crippen molar-refractivity contribution in [3.8, 4) is 0 Å². The van der Waals surface area contributed by atoms with E-state index < -0.39 is 11.6 Å². The molecule has 1 aliphatic rings. The SMILES string of the molecule is CN(C1CCOC1)C(CN)c1ccc(F)cc1F. The molecule has 0 aromatic heterocycles. The number of halogens is 2. The standard InChI is InChI=1S/C13H18F2N2O/c1-17(10-4-5-18-8-10)13(7-16)11-3-2-9(14)6-12(11)15/h2-3,6,10,13H,4-5,7-8,16H2,1H3. The van der Waals surface area contributed by atoms with Gasteiger partial charge in [-0.1, -0.05) is 6.07 Å². The van der Waals surface area contributed by atoms with Crippen LogP contribution < -0.4 is 5.73 Å². The Hall–Kier alpha value is -1.04. The third-order valence-electron chi connectivity index (χ3n) is 3.52. The van der Waals surface area contributed by atoms with Crippen LogP contribution in [-0.4, -0.2) is 37.7 Å². The van der Waals surface area contributed by atoms with E-state index in [0.717, 1.165) is 19.1 Å². The number of hydrogen-bond donors (Lipinski definition) is 1. The van der Waals surface area contributed by atoms with Crippen LogP contribution in [0.5, 0.6) is 0 Å². The van der Waals surface area contributed by atoms with Gasteiger partial charge in [-0.15, -0.1) is 0 Å². The van der Waals surface area contributed by atoms with Crippen LogP contribution in [0.3, 0.4) is 0 Å². The highest BCUT2D eigenvalue weighted by Crippen LogP contribution is 2.26. The lowest BCUT2D eigenvalue weighted by Crippen LogP contribution is -2.39. The summed E-state index contributed by atoms with van der Waals surface area (Å²) in [4.78, 5) is 2.02. The molecule has 100 valence electrons. The first-order valence-electron chi connectivity index (χ1n) is 6.08. The Morgan fingerprint density at radius 3 is 2.83 bits per heavy atom. The Balaban J connectivity index is 2.21. The summed E-state index contributed by atoms with van der Waals surface area (Å²) in [6.07, 6.45) is 0.913. The van der Waals surface area contributed by atoms with E-state index in [9.17, 15) is 8.78 Å². The lowest BCUT2D eigenvalue weighted by Gasteiger charge is -2.32. The molecule has 1 aromatic rings. The van der Waals surface area contributed by atoms with Crippen LogP contribution in [0.2, 0.25) is 0 Å². The van der Waals surface area contributed by atoms with E-state index in [-0.39, 0.29) is 18.6 Å². The quantitative estimate of drug-likeness (QED) is 0.891. The molecule has 0 amide bonds. The second kappa shape index (κ2) is 5.73. The molecule has 5 heteroatoms. The van der Waals surface area contributed by atoms with E-state index in [1.165, 1.54) is 12.1 Å². The number of ether oxygens (including phenoxy) is 1. The zero-order chi connectivity index (χ0) is 13.1. The fourth-order valence-electron chi connectivity index (χ4n) is 2.38. The van der Waals surface area contributed by atoms with Crippen molar-refractivity contribution < 1.29 is 13.5 Å². The fourth-order valence-corrected chi connectivity index (χ4v) is 2.38. The molecule has 0 spiro atoms. The Bertz CT molecular complexity index is 408. The van der Waals surface area contributed by atoms with Gasteiger partial charge in [-0.05, 0) is 19.5 Å². The average molecular weight is 256 g/mol. The summed E-state index contributed by atoms with van der Waals surface area (Å²) in [5, 5.41) is 0. The molecule has 3 nitrogen and oxygen atoms in total. The predicted octanol–water partition coefficient (Wildman–Crippen LogP) is 1.69. The fraction of sp³-hybridized carbons (Fsp3) is 0.538. The van der Waals surface area contributed by atoms with Gasteiger partial charge in [0.1, 0.15) is 11.6 Å². The highest BCUT2D eigenvalue weighted by molar-refractivity contribution is 5.22. The van der Waals surface area contributed by atoms with Gasteiger partial charge in [-0.3, -0.25) is 4.90 Å². The average Bonchev–Trinajstić information content (AvgIpc) is 2.86. The summed E-state index contributed by atoms with van der Waals surface area (Å²) < 4.78 is 32.0. The second-order valence-corrected chi connectivity index (χ2v) is 4.60. The van der Waals surface area contributed by atoms with Crippen molar-refractivity contribution in [2.75, 3.05) is 26.8 Å². The van der Waals surface area contributed by atoms with Crippen molar-refractivity contribution in [1.29, 1.82) is 0 Å². The molecule has 1 fully saturated rings. The molecule has 1 heterocycles. The highest BCUT2D eigenvalue weighted by atomic mass is 19.1. The number of rotatable bonds is 4. The molecule has 0 aliphatic carbocycles. The van der Waals surface area contributed by atoms with Crippen molar-refractivity contribution in [3.63, 3.8) is 0 Å². The first-order valence-corrected chi connectivity index (χ1v) is 6.08. The minimum absolute atomic E-state index is 0.239. The van der Waals surface area contributed by atoms with E-state index in [1.807, 2.05) is 11.9 Å². The van der Waals surface area contributed by atoms with Crippen LogP contribution in [0.25, 0.3) is 0 Å². The van der Waals surface area contributed by atoms with Gasteiger partial charge in [0.25, 0.3) is 0 Å². The van der Waals surface area contributed by atoms with Gasteiger partial charge in [0.2, 0.25) is 0 Å². The third-order valence-corrected chi connectivity index (χ3v) is 3.52. The third kappa shape index (κ3) is 2.68. The second-order valence-electron chi connectivity index (χ2n) is 4.60. The molecule has 18 heavy (non-hydrogen) atoms. The molecule has 2 N–H and O–H groups in total. The van der Waals surface area contributed by atoms with Crippen LogP contribution in [0.4, 0.5) is 8.78 Å². The zero-order valence-corrected chi connectivity index (χ0v) is 10.4. The normalized spacial score (nSPS) is 21.5. The minimum Gasteiger partial charge on any atom is -0.380 e. The van der Waals surface area contributed by atoms with Crippen molar-refractivity contribution in [2.24, 2.45) is 5.73 Å². The topological polar surface area (TPSA) is 38.5 Å². The smallest absolute Gasteiger partial charge is 0.130 e. The number of nitrogens with zero attached hydrogens (tertiary/aromatic N) is 1. The van der Waals surface area contributed by atoms with Crippen molar-refractivity contribution in [1.82, 2.24) is 4.90 Å². The van der Waals surface area contributed by atoms with E-state index in [1.54, 1.807) is 0 Å². The zero-order valence-electron chi connectivity index (χ0n) is 10.4. The highest BCUT2D eigenvalue weighted by Gasteiger charge is 2.28. The minimum atomic E-state index is -0.570. The summed E-state index contributed by atoms with van der Waals surface area (Å²) in [6.45, 7) is 1.64. The molecule has 2 rings (SSSR count). The maximum atomic E-state index is 13.8. The maximum absolute atomic E-state index is 13.8. The van der Waals surface area contributed by atoms with E-state index in [4.69, 9.17) is 10.5 Å². The number of likely N-dealkylation sites (N-methyl/N-ethyl adjacent to an activating group) is 1. The van der Waals surface area contributed by atoms with E-state index >= 15 is 0 Å².